The Bertz CT molecular complexity index is 470. The molecule has 1 aliphatic rings. The highest BCUT2D eigenvalue weighted by atomic mass is 16.5. The first kappa shape index (κ1) is 14.6. The van der Waals surface area contributed by atoms with Gasteiger partial charge >= 0.3 is 5.97 Å². The van der Waals surface area contributed by atoms with Crippen molar-refractivity contribution in [3.8, 4) is 5.75 Å². The third-order valence-electron chi connectivity index (χ3n) is 3.88. The number of hydrogen-bond acceptors (Lipinski definition) is 4. The second kappa shape index (κ2) is 6.55. The van der Waals surface area contributed by atoms with Crippen molar-refractivity contribution in [1.82, 2.24) is 0 Å². The number of esters is 1. The lowest BCUT2D eigenvalue weighted by Crippen LogP contribution is -2.25. The molecule has 20 heavy (non-hydrogen) atoms. The zero-order valence-corrected chi connectivity index (χ0v) is 11.7. The van der Waals surface area contributed by atoms with Gasteiger partial charge < -0.3 is 9.84 Å². The maximum Gasteiger partial charge on any atom is 0.309 e. The van der Waals surface area contributed by atoms with E-state index in [1.807, 2.05) is 0 Å². The number of carbonyl (C=O) groups excluding carboxylic acids is 2. The van der Waals surface area contributed by atoms with E-state index >= 15 is 0 Å². The number of phenols is 1. The molecule has 0 aromatic heterocycles. The van der Waals surface area contributed by atoms with E-state index in [4.69, 9.17) is 9.84 Å². The molecule has 0 bridgehead atoms. The van der Waals surface area contributed by atoms with Gasteiger partial charge in [0.25, 0.3) is 0 Å². The molecule has 1 saturated carbocycles. The van der Waals surface area contributed by atoms with Crippen molar-refractivity contribution in [2.75, 3.05) is 6.61 Å². The van der Waals surface area contributed by atoms with Crippen LogP contribution in [0.4, 0.5) is 0 Å². The lowest BCUT2D eigenvalue weighted by Gasteiger charge is -2.24. The lowest BCUT2D eigenvalue weighted by atomic mass is 9.83. The Morgan fingerprint density at radius 2 is 1.75 bits per heavy atom. The number of ketones is 1. The minimum Gasteiger partial charge on any atom is -0.508 e. The number of carbonyl (C=O) groups is 2. The summed E-state index contributed by atoms with van der Waals surface area (Å²) >= 11 is 0. The largest absolute Gasteiger partial charge is 0.508 e. The Balaban J connectivity index is 1.81. The minimum atomic E-state index is -0.260. The van der Waals surface area contributed by atoms with Crippen LogP contribution in [0.15, 0.2) is 24.3 Å². The van der Waals surface area contributed by atoms with Crippen LogP contribution < -0.4 is 0 Å². The van der Waals surface area contributed by atoms with Gasteiger partial charge in [-0.25, -0.2) is 0 Å². The molecule has 0 saturated heterocycles. The normalized spacial score (nSPS) is 22.2. The Hall–Kier alpha value is -1.84. The van der Waals surface area contributed by atoms with Crippen LogP contribution in [0.5, 0.6) is 5.75 Å². The van der Waals surface area contributed by atoms with Crippen molar-refractivity contribution >= 4 is 11.8 Å². The van der Waals surface area contributed by atoms with E-state index in [1.165, 1.54) is 24.3 Å². The van der Waals surface area contributed by atoms with Crippen molar-refractivity contribution in [1.29, 1.82) is 0 Å². The first-order chi connectivity index (χ1) is 9.56. The van der Waals surface area contributed by atoms with Crippen LogP contribution in [-0.2, 0) is 9.53 Å². The lowest BCUT2D eigenvalue weighted by molar-refractivity contribution is -0.148. The molecule has 1 fully saturated rings. The van der Waals surface area contributed by atoms with Crippen molar-refractivity contribution in [3.05, 3.63) is 29.8 Å². The molecular formula is C16H20O4. The Kier molecular flexibility index (Phi) is 4.77. The number of hydrogen-bond donors (Lipinski definition) is 1. The molecule has 2 rings (SSSR count). The number of ether oxygens (including phenoxy) is 1. The number of aromatic hydroxyl groups is 1. The molecule has 0 heterocycles. The molecule has 1 aromatic rings. The Morgan fingerprint density at radius 3 is 2.35 bits per heavy atom. The summed E-state index contributed by atoms with van der Waals surface area (Å²) in [5.41, 5.74) is 0.438. The second-order valence-corrected chi connectivity index (χ2v) is 5.53. The number of benzene rings is 1. The second-order valence-electron chi connectivity index (χ2n) is 5.53. The van der Waals surface area contributed by atoms with E-state index in [-0.39, 0.29) is 30.0 Å². The summed E-state index contributed by atoms with van der Waals surface area (Å²) in [4.78, 5) is 23.7. The molecule has 0 amide bonds. The van der Waals surface area contributed by atoms with E-state index < -0.39 is 0 Å². The topological polar surface area (TPSA) is 63.6 Å². The van der Waals surface area contributed by atoms with Gasteiger partial charge in [0.05, 0.1) is 5.92 Å². The van der Waals surface area contributed by atoms with E-state index in [0.717, 1.165) is 25.7 Å². The summed E-state index contributed by atoms with van der Waals surface area (Å²) in [7, 11) is 0. The molecule has 0 unspecified atom stereocenters. The number of Topliss-reactive ketones (excluding diaryl/α,β-unsaturated/α-hetero) is 1. The molecule has 0 aliphatic heterocycles. The van der Waals surface area contributed by atoms with E-state index in [2.05, 4.69) is 6.92 Å². The highest BCUT2D eigenvalue weighted by molar-refractivity contribution is 5.98. The van der Waals surface area contributed by atoms with Gasteiger partial charge in [-0.3, -0.25) is 9.59 Å². The summed E-state index contributed by atoms with van der Waals surface area (Å²) in [5.74, 6) is 0.220. The van der Waals surface area contributed by atoms with Crippen molar-refractivity contribution in [2.24, 2.45) is 11.8 Å². The molecule has 1 aliphatic carbocycles. The zero-order valence-electron chi connectivity index (χ0n) is 11.7. The monoisotopic (exact) mass is 276 g/mol. The van der Waals surface area contributed by atoms with Crippen LogP contribution in [0.25, 0.3) is 0 Å². The van der Waals surface area contributed by atoms with Crippen molar-refractivity contribution < 1.29 is 19.4 Å². The first-order valence-electron chi connectivity index (χ1n) is 7.05. The fourth-order valence-corrected chi connectivity index (χ4v) is 2.48. The van der Waals surface area contributed by atoms with Gasteiger partial charge in [-0.15, -0.1) is 0 Å². The first-order valence-corrected chi connectivity index (χ1v) is 7.05. The molecular weight excluding hydrogens is 256 g/mol. The van der Waals surface area contributed by atoms with Gasteiger partial charge in [0.1, 0.15) is 5.75 Å². The summed E-state index contributed by atoms with van der Waals surface area (Å²) in [6, 6.07) is 5.93. The molecule has 108 valence electrons. The summed E-state index contributed by atoms with van der Waals surface area (Å²) in [6.07, 6.45) is 3.80. The van der Waals surface area contributed by atoms with Gasteiger partial charge in [-0.2, -0.15) is 0 Å². The van der Waals surface area contributed by atoms with E-state index in [9.17, 15) is 9.59 Å². The predicted octanol–water partition coefficient (Wildman–Crippen LogP) is 2.94. The maximum atomic E-state index is 11.9. The Labute approximate surface area is 118 Å². The third kappa shape index (κ3) is 3.83. The molecule has 1 aromatic carbocycles. The number of rotatable bonds is 4. The molecule has 4 heteroatoms. The predicted molar refractivity (Wildman–Crippen MR) is 74.5 cm³/mol. The van der Waals surface area contributed by atoms with Crippen LogP contribution in [0.1, 0.15) is 43.0 Å². The highest BCUT2D eigenvalue weighted by Gasteiger charge is 2.26. The van der Waals surface area contributed by atoms with Gasteiger partial charge in [-0.05, 0) is 55.9 Å². The van der Waals surface area contributed by atoms with Gasteiger partial charge in [0.15, 0.2) is 12.4 Å². The van der Waals surface area contributed by atoms with Crippen LogP contribution in [-0.4, -0.2) is 23.5 Å². The van der Waals surface area contributed by atoms with Gasteiger partial charge in [-0.1, -0.05) is 6.92 Å². The van der Waals surface area contributed by atoms with E-state index in [1.54, 1.807) is 0 Å². The summed E-state index contributed by atoms with van der Waals surface area (Å²) in [6.45, 7) is 1.96. The average molecular weight is 276 g/mol. The third-order valence-corrected chi connectivity index (χ3v) is 3.88. The van der Waals surface area contributed by atoms with Crippen molar-refractivity contribution in [3.63, 3.8) is 0 Å². The van der Waals surface area contributed by atoms with E-state index in [0.29, 0.717) is 11.5 Å². The standard InChI is InChI=1S/C16H20O4/c1-11-2-4-13(5-3-11)16(19)20-10-15(18)12-6-8-14(17)9-7-12/h6-9,11,13,17H,2-5,10H2,1H3. The number of phenolic OH excluding ortho intramolecular Hbond substituents is 1. The smallest absolute Gasteiger partial charge is 0.309 e. The fourth-order valence-electron chi connectivity index (χ4n) is 2.48. The molecule has 1 N–H and O–H groups in total. The SMILES string of the molecule is CC1CCC(C(=O)OCC(=O)c2ccc(O)cc2)CC1. The molecule has 0 radical (unpaired) electrons. The highest BCUT2D eigenvalue weighted by Crippen LogP contribution is 2.29. The quantitative estimate of drug-likeness (QED) is 0.678. The summed E-state index contributed by atoms with van der Waals surface area (Å²) < 4.78 is 5.11. The molecule has 4 nitrogen and oxygen atoms in total. The Morgan fingerprint density at radius 1 is 1.15 bits per heavy atom. The summed E-state index contributed by atoms with van der Waals surface area (Å²) in [5, 5.41) is 9.15. The molecule has 0 atom stereocenters. The maximum absolute atomic E-state index is 11.9. The average Bonchev–Trinajstić information content (AvgIpc) is 2.46. The van der Waals surface area contributed by atoms with Gasteiger partial charge in [0.2, 0.25) is 0 Å². The van der Waals surface area contributed by atoms with Crippen LogP contribution in [0.2, 0.25) is 0 Å². The minimum absolute atomic E-state index is 0.0567. The van der Waals surface area contributed by atoms with Crippen molar-refractivity contribution in [2.45, 2.75) is 32.6 Å². The zero-order chi connectivity index (χ0) is 14.5. The molecule has 0 spiro atoms. The van der Waals surface area contributed by atoms with Crippen LogP contribution in [0, 0.1) is 11.8 Å². The van der Waals surface area contributed by atoms with Crippen LogP contribution in [0.3, 0.4) is 0 Å². The van der Waals surface area contributed by atoms with Crippen LogP contribution >= 0.6 is 0 Å². The van der Waals surface area contributed by atoms with Gasteiger partial charge in [0, 0.05) is 5.56 Å². The fraction of sp³-hybridized carbons (Fsp3) is 0.500.